The number of hydrogen-bond donors (Lipinski definition) is 1. The number of para-hydroxylation sites is 1. The first-order chi connectivity index (χ1) is 11.7. The second-order valence-electron chi connectivity index (χ2n) is 5.11. The Morgan fingerprint density at radius 3 is 2.24 bits per heavy atom. The summed E-state index contributed by atoms with van der Waals surface area (Å²) in [7, 11) is -4.24. The Labute approximate surface area is 139 Å². The second kappa shape index (κ2) is 5.92. The van der Waals surface area contributed by atoms with Crippen LogP contribution in [0, 0.1) is 0 Å². The zero-order valence-corrected chi connectivity index (χ0v) is 13.2. The molecule has 0 aliphatic heterocycles. The maximum atomic E-state index is 12.5. The van der Waals surface area contributed by atoms with Gasteiger partial charge in [-0.1, -0.05) is 18.2 Å². The molecule has 1 heterocycles. The van der Waals surface area contributed by atoms with Crippen molar-refractivity contribution in [3.63, 3.8) is 0 Å². The Bertz CT molecular complexity index is 1090. The van der Waals surface area contributed by atoms with Crippen LogP contribution in [0.5, 0.6) is 0 Å². The van der Waals surface area contributed by atoms with Crippen molar-refractivity contribution in [2.24, 2.45) is 0 Å². The van der Waals surface area contributed by atoms with Gasteiger partial charge in [0.15, 0.2) is 0 Å². The SMILES string of the molecule is O=c1oc2ccccc2cc1NS(=O)(=O)c1ccc(C(F)(F)F)cc1. The fraction of sp³-hybridized carbons (Fsp3) is 0.0625. The molecule has 0 saturated heterocycles. The van der Waals surface area contributed by atoms with Gasteiger partial charge in [0.25, 0.3) is 10.0 Å². The van der Waals surface area contributed by atoms with E-state index in [-0.39, 0.29) is 11.3 Å². The first-order valence-corrected chi connectivity index (χ1v) is 8.38. The number of halogens is 3. The highest BCUT2D eigenvalue weighted by Gasteiger charge is 2.30. The van der Waals surface area contributed by atoms with E-state index >= 15 is 0 Å². The minimum absolute atomic E-state index is 0.282. The Hall–Kier alpha value is -2.81. The normalized spacial score (nSPS) is 12.3. The monoisotopic (exact) mass is 369 g/mol. The highest BCUT2D eigenvalue weighted by atomic mass is 32.2. The van der Waals surface area contributed by atoms with Crippen molar-refractivity contribution in [3.05, 3.63) is 70.6 Å². The smallest absolute Gasteiger partial charge is 0.416 e. The lowest BCUT2D eigenvalue weighted by atomic mass is 10.2. The van der Waals surface area contributed by atoms with Gasteiger partial charge in [-0.25, -0.2) is 13.2 Å². The van der Waals surface area contributed by atoms with E-state index in [9.17, 15) is 26.4 Å². The van der Waals surface area contributed by atoms with Crippen LogP contribution >= 0.6 is 0 Å². The number of alkyl halides is 3. The van der Waals surface area contributed by atoms with E-state index in [0.717, 1.165) is 12.1 Å². The van der Waals surface area contributed by atoms with Crippen LogP contribution in [0.2, 0.25) is 0 Å². The molecule has 0 unspecified atom stereocenters. The summed E-state index contributed by atoms with van der Waals surface area (Å²) in [6.07, 6.45) is -4.57. The largest absolute Gasteiger partial charge is 0.421 e. The summed E-state index contributed by atoms with van der Waals surface area (Å²) in [6.45, 7) is 0. The third kappa shape index (κ3) is 3.50. The lowest BCUT2D eigenvalue weighted by Gasteiger charge is -2.10. The van der Waals surface area contributed by atoms with E-state index in [0.29, 0.717) is 17.5 Å². The average Bonchev–Trinajstić information content (AvgIpc) is 2.55. The summed E-state index contributed by atoms with van der Waals surface area (Å²) in [5, 5.41) is 0.493. The van der Waals surface area contributed by atoms with Gasteiger partial charge in [-0.3, -0.25) is 4.72 Å². The molecule has 1 aromatic heterocycles. The zero-order valence-electron chi connectivity index (χ0n) is 12.4. The van der Waals surface area contributed by atoms with Crippen molar-refractivity contribution in [1.82, 2.24) is 0 Å². The third-order valence-corrected chi connectivity index (χ3v) is 4.76. The fourth-order valence-electron chi connectivity index (χ4n) is 2.16. The molecule has 0 aliphatic carbocycles. The van der Waals surface area contributed by atoms with E-state index in [1.807, 2.05) is 4.72 Å². The standard InChI is InChI=1S/C16H10F3NO4S/c17-16(18,19)11-5-7-12(8-6-11)25(22,23)20-13-9-10-3-1-2-4-14(10)24-15(13)21/h1-9,20H. The van der Waals surface area contributed by atoms with E-state index in [1.54, 1.807) is 24.3 Å². The molecule has 5 nitrogen and oxygen atoms in total. The van der Waals surface area contributed by atoms with Crippen molar-refractivity contribution in [1.29, 1.82) is 0 Å². The van der Waals surface area contributed by atoms with Crippen LogP contribution in [0.15, 0.2) is 68.7 Å². The molecular formula is C16H10F3NO4S. The molecule has 2 aromatic carbocycles. The highest BCUT2D eigenvalue weighted by molar-refractivity contribution is 7.92. The predicted molar refractivity (Wildman–Crippen MR) is 84.7 cm³/mol. The molecule has 9 heteroatoms. The molecule has 0 aliphatic rings. The summed E-state index contributed by atoms with van der Waals surface area (Å²) >= 11 is 0. The predicted octanol–water partition coefficient (Wildman–Crippen LogP) is 3.61. The number of rotatable bonds is 3. The molecule has 25 heavy (non-hydrogen) atoms. The molecule has 0 saturated carbocycles. The van der Waals surface area contributed by atoms with Crippen LogP contribution in [-0.2, 0) is 16.2 Å². The van der Waals surface area contributed by atoms with E-state index in [2.05, 4.69) is 0 Å². The van der Waals surface area contributed by atoms with Crippen molar-refractivity contribution in [3.8, 4) is 0 Å². The number of hydrogen-bond acceptors (Lipinski definition) is 4. The zero-order chi connectivity index (χ0) is 18.2. The summed E-state index contributed by atoms with van der Waals surface area (Å²) in [4.78, 5) is 11.5. The lowest BCUT2D eigenvalue weighted by Crippen LogP contribution is -2.18. The molecule has 0 atom stereocenters. The number of sulfonamides is 1. The average molecular weight is 369 g/mol. The Morgan fingerprint density at radius 1 is 0.960 bits per heavy atom. The van der Waals surface area contributed by atoms with Gasteiger partial charge in [-0.05, 0) is 36.4 Å². The van der Waals surface area contributed by atoms with E-state index in [4.69, 9.17) is 4.42 Å². The van der Waals surface area contributed by atoms with Crippen LogP contribution in [0.1, 0.15) is 5.56 Å². The highest BCUT2D eigenvalue weighted by Crippen LogP contribution is 2.30. The minimum atomic E-state index is -4.57. The molecule has 130 valence electrons. The van der Waals surface area contributed by atoms with Gasteiger partial charge in [0.05, 0.1) is 10.5 Å². The van der Waals surface area contributed by atoms with E-state index in [1.165, 1.54) is 6.07 Å². The molecular weight excluding hydrogens is 359 g/mol. The van der Waals surface area contributed by atoms with Gasteiger partial charge in [0.1, 0.15) is 11.3 Å². The first-order valence-electron chi connectivity index (χ1n) is 6.90. The maximum Gasteiger partial charge on any atom is 0.416 e. The van der Waals surface area contributed by atoms with Crippen LogP contribution in [-0.4, -0.2) is 8.42 Å². The van der Waals surface area contributed by atoms with Gasteiger partial charge in [0, 0.05) is 5.39 Å². The summed E-state index contributed by atoms with van der Waals surface area (Å²) in [5.41, 5.74) is -1.94. The Morgan fingerprint density at radius 2 is 1.60 bits per heavy atom. The summed E-state index contributed by atoms with van der Waals surface area (Å²) in [5.74, 6) is 0. The van der Waals surface area contributed by atoms with Gasteiger partial charge >= 0.3 is 11.8 Å². The maximum absolute atomic E-state index is 12.5. The van der Waals surface area contributed by atoms with Crippen molar-refractivity contribution < 1.29 is 26.0 Å². The van der Waals surface area contributed by atoms with Crippen molar-refractivity contribution in [2.45, 2.75) is 11.1 Å². The molecule has 0 bridgehead atoms. The van der Waals surface area contributed by atoms with E-state index < -0.39 is 32.3 Å². The van der Waals surface area contributed by atoms with Gasteiger partial charge < -0.3 is 4.42 Å². The topological polar surface area (TPSA) is 76.4 Å². The second-order valence-corrected chi connectivity index (χ2v) is 6.80. The van der Waals surface area contributed by atoms with Crippen LogP contribution in [0.25, 0.3) is 11.0 Å². The Balaban J connectivity index is 1.96. The van der Waals surface area contributed by atoms with Crippen molar-refractivity contribution >= 4 is 26.7 Å². The number of fused-ring (bicyclic) bond motifs is 1. The van der Waals surface area contributed by atoms with Gasteiger partial charge in [-0.15, -0.1) is 0 Å². The molecule has 3 aromatic rings. The summed E-state index contributed by atoms with van der Waals surface area (Å²) in [6, 6.07) is 10.7. The lowest BCUT2D eigenvalue weighted by molar-refractivity contribution is -0.137. The molecule has 1 N–H and O–H groups in total. The van der Waals surface area contributed by atoms with Crippen LogP contribution < -0.4 is 10.3 Å². The number of nitrogens with one attached hydrogen (secondary N) is 1. The molecule has 0 spiro atoms. The van der Waals surface area contributed by atoms with Crippen molar-refractivity contribution in [2.75, 3.05) is 4.72 Å². The first kappa shape index (κ1) is 17.0. The summed E-state index contributed by atoms with van der Waals surface area (Å²) < 4.78 is 69.2. The van der Waals surface area contributed by atoms with Crippen LogP contribution in [0.4, 0.5) is 18.9 Å². The molecule has 0 amide bonds. The molecule has 0 radical (unpaired) electrons. The Kier molecular flexibility index (Phi) is 4.03. The third-order valence-electron chi connectivity index (χ3n) is 3.38. The molecule has 0 fully saturated rings. The van der Waals surface area contributed by atoms with Gasteiger partial charge in [-0.2, -0.15) is 13.2 Å². The molecule has 3 rings (SSSR count). The van der Waals surface area contributed by atoms with Gasteiger partial charge in [0.2, 0.25) is 0 Å². The quantitative estimate of drug-likeness (QED) is 0.716. The minimum Gasteiger partial charge on any atom is -0.421 e. The fourth-order valence-corrected chi connectivity index (χ4v) is 3.20. The number of anilines is 1. The van der Waals surface area contributed by atoms with Crippen LogP contribution in [0.3, 0.4) is 0 Å². The number of benzene rings is 2.